The van der Waals surface area contributed by atoms with Gasteiger partial charge in [-0.05, 0) is 60.6 Å². The summed E-state index contributed by atoms with van der Waals surface area (Å²) in [6, 6.07) is 6.03. The molecule has 1 N–H and O–H groups in total. The zero-order valence-electron chi connectivity index (χ0n) is 12.4. The van der Waals surface area contributed by atoms with Crippen molar-refractivity contribution in [3.05, 3.63) is 44.1 Å². The third-order valence-electron chi connectivity index (χ3n) is 3.21. The Balaban J connectivity index is 2.15. The molecule has 0 saturated carbocycles. The molecule has 0 saturated heterocycles. The largest absolute Gasteiger partial charge is 0.487 e. The van der Waals surface area contributed by atoms with Crippen molar-refractivity contribution in [1.82, 2.24) is 15.1 Å². The highest BCUT2D eigenvalue weighted by Gasteiger charge is 2.13. The lowest BCUT2D eigenvalue weighted by atomic mass is 10.2. The van der Waals surface area contributed by atoms with Gasteiger partial charge in [0.1, 0.15) is 12.4 Å². The highest BCUT2D eigenvalue weighted by Crippen LogP contribution is 2.25. The van der Waals surface area contributed by atoms with Gasteiger partial charge in [0.25, 0.3) is 0 Å². The molecule has 0 amide bonds. The SMILES string of the molecule is CCn1nc(C)c(Br)c1COc1ccc(Br)c(CNC)c1. The number of rotatable bonds is 6. The molecule has 2 rings (SSSR count). The first-order chi connectivity index (χ1) is 10.1. The molecule has 6 heteroatoms. The van der Waals surface area contributed by atoms with Crippen LogP contribution in [0.1, 0.15) is 23.9 Å². The van der Waals surface area contributed by atoms with Gasteiger partial charge >= 0.3 is 0 Å². The molecule has 21 heavy (non-hydrogen) atoms. The monoisotopic (exact) mass is 415 g/mol. The van der Waals surface area contributed by atoms with Gasteiger partial charge in [0.05, 0.1) is 15.9 Å². The Hall–Kier alpha value is -0.850. The standard InChI is InChI=1S/C15H19Br2N3O/c1-4-20-14(15(17)10(2)19-20)9-21-12-5-6-13(16)11(7-12)8-18-3/h5-7,18H,4,8-9H2,1-3H3. The van der Waals surface area contributed by atoms with E-state index in [9.17, 15) is 0 Å². The Labute approximate surface area is 142 Å². The molecular formula is C15H19Br2N3O. The second-order valence-corrected chi connectivity index (χ2v) is 6.38. The van der Waals surface area contributed by atoms with Gasteiger partial charge in [0.15, 0.2) is 0 Å². The fourth-order valence-corrected chi connectivity index (χ4v) is 2.91. The molecule has 0 aliphatic rings. The molecule has 0 atom stereocenters. The van der Waals surface area contributed by atoms with Crippen LogP contribution in [0.3, 0.4) is 0 Å². The van der Waals surface area contributed by atoms with E-state index in [2.05, 4.69) is 49.2 Å². The molecule has 0 radical (unpaired) electrons. The average molecular weight is 417 g/mol. The van der Waals surface area contributed by atoms with Crippen LogP contribution in [0.25, 0.3) is 0 Å². The summed E-state index contributed by atoms with van der Waals surface area (Å²) < 4.78 is 10.0. The maximum absolute atomic E-state index is 5.93. The van der Waals surface area contributed by atoms with Crippen molar-refractivity contribution >= 4 is 31.9 Å². The Bertz CT molecular complexity index is 626. The number of nitrogens with one attached hydrogen (secondary N) is 1. The van der Waals surface area contributed by atoms with E-state index < -0.39 is 0 Å². The van der Waals surface area contributed by atoms with Gasteiger partial charge in [-0.1, -0.05) is 15.9 Å². The highest BCUT2D eigenvalue weighted by atomic mass is 79.9. The van der Waals surface area contributed by atoms with Gasteiger partial charge in [-0.3, -0.25) is 4.68 Å². The fraction of sp³-hybridized carbons (Fsp3) is 0.400. The van der Waals surface area contributed by atoms with Crippen LogP contribution in [0.15, 0.2) is 27.1 Å². The first-order valence-electron chi connectivity index (χ1n) is 6.84. The number of nitrogens with zero attached hydrogens (tertiary/aromatic N) is 2. The second-order valence-electron chi connectivity index (χ2n) is 4.73. The fourth-order valence-electron chi connectivity index (χ4n) is 2.13. The summed E-state index contributed by atoms with van der Waals surface area (Å²) in [5.41, 5.74) is 3.23. The quantitative estimate of drug-likeness (QED) is 0.772. The molecule has 0 unspecified atom stereocenters. The van der Waals surface area contributed by atoms with E-state index in [-0.39, 0.29) is 0 Å². The number of hydrogen-bond donors (Lipinski definition) is 1. The van der Waals surface area contributed by atoms with Gasteiger partial charge in [-0.15, -0.1) is 0 Å². The van der Waals surface area contributed by atoms with Crippen molar-refractivity contribution in [2.24, 2.45) is 0 Å². The van der Waals surface area contributed by atoms with Crippen molar-refractivity contribution in [3.8, 4) is 5.75 Å². The summed E-state index contributed by atoms with van der Waals surface area (Å²) in [7, 11) is 1.93. The molecule has 1 aromatic heterocycles. The molecule has 0 aliphatic carbocycles. The zero-order valence-corrected chi connectivity index (χ0v) is 15.6. The maximum Gasteiger partial charge on any atom is 0.131 e. The lowest BCUT2D eigenvalue weighted by Crippen LogP contribution is -2.08. The number of aryl methyl sites for hydroxylation is 2. The van der Waals surface area contributed by atoms with Crippen LogP contribution in [-0.2, 0) is 19.7 Å². The van der Waals surface area contributed by atoms with Crippen molar-refractivity contribution < 1.29 is 4.74 Å². The van der Waals surface area contributed by atoms with Crippen LogP contribution >= 0.6 is 31.9 Å². The van der Waals surface area contributed by atoms with Crippen LogP contribution < -0.4 is 10.1 Å². The Morgan fingerprint density at radius 2 is 2.10 bits per heavy atom. The number of halogens is 2. The zero-order chi connectivity index (χ0) is 15.4. The summed E-state index contributed by atoms with van der Waals surface area (Å²) in [6.07, 6.45) is 0. The summed E-state index contributed by atoms with van der Waals surface area (Å²) in [5, 5.41) is 7.62. The van der Waals surface area contributed by atoms with Crippen molar-refractivity contribution in [1.29, 1.82) is 0 Å². The van der Waals surface area contributed by atoms with Crippen LogP contribution in [-0.4, -0.2) is 16.8 Å². The van der Waals surface area contributed by atoms with Gasteiger partial charge in [-0.25, -0.2) is 0 Å². The second kappa shape index (κ2) is 7.42. The van der Waals surface area contributed by atoms with Crippen molar-refractivity contribution in [2.75, 3.05) is 7.05 Å². The molecule has 0 fully saturated rings. The van der Waals surface area contributed by atoms with Crippen LogP contribution in [0.4, 0.5) is 0 Å². The van der Waals surface area contributed by atoms with Crippen molar-refractivity contribution in [2.45, 2.75) is 33.5 Å². The lowest BCUT2D eigenvalue weighted by Gasteiger charge is -2.11. The molecule has 114 valence electrons. The Kier molecular flexibility index (Phi) is 5.84. The van der Waals surface area contributed by atoms with E-state index in [1.165, 1.54) is 5.56 Å². The lowest BCUT2D eigenvalue weighted by molar-refractivity contribution is 0.291. The highest BCUT2D eigenvalue weighted by molar-refractivity contribution is 9.10. The minimum absolute atomic E-state index is 0.496. The summed E-state index contributed by atoms with van der Waals surface area (Å²) in [5.74, 6) is 0.858. The summed E-state index contributed by atoms with van der Waals surface area (Å²) in [6.45, 7) is 6.19. The summed E-state index contributed by atoms with van der Waals surface area (Å²) in [4.78, 5) is 0. The normalized spacial score (nSPS) is 10.9. The minimum Gasteiger partial charge on any atom is -0.487 e. The van der Waals surface area contributed by atoms with Crippen molar-refractivity contribution in [3.63, 3.8) is 0 Å². The molecule has 0 bridgehead atoms. The molecule has 4 nitrogen and oxygen atoms in total. The predicted octanol–water partition coefficient (Wildman–Crippen LogP) is 4.03. The smallest absolute Gasteiger partial charge is 0.131 e. The molecule has 1 aromatic carbocycles. The summed E-state index contributed by atoms with van der Waals surface area (Å²) >= 11 is 7.13. The number of aromatic nitrogens is 2. The Morgan fingerprint density at radius 1 is 1.33 bits per heavy atom. The van der Waals surface area contributed by atoms with Gasteiger partial charge in [0, 0.05) is 17.6 Å². The number of benzene rings is 1. The third kappa shape index (κ3) is 3.87. The minimum atomic E-state index is 0.496. The third-order valence-corrected chi connectivity index (χ3v) is 5.02. The van der Waals surface area contributed by atoms with E-state index in [4.69, 9.17) is 4.74 Å². The van der Waals surface area contributed by atoms with E-state index in [1.54, 1.807) is 0 Å². The van der Waals surface area contributed by atoms with Gasteiger partial charge < -0.3 is 10.1 Å². The first-order valence-corrected chi connectivity index (χ1v) is 8.43. The molecule has 1 heterocycles. The molecule has 0 spiro atoms. The maximum atomic E-state index is 5.93. The molecular weight excluding hydrogens is 398 g/mol. The topological polar surface area (TPSA) is 39.1 Å². The van der Waals surface area contributed by atoms with E-state index in [0.717, 1.165) is 39.2 Å². The molecule has 0 aliphatic heterocycles. The number of hydrogen-bond acceptors (Lipinski definition) is 3. The average Bonchev–Trinajstić information content (AvgIpc) is 2.75. The van der Waals surface area contributed by atoms with Gasteiger partial charge in [0.2, 0.25) is 0 Å². The number of ether oxygens (including phenoxy) is 1. The van der Waals surface area contributed by atoms with E-state index in [0.29, 0.717) is 6.61 Å². The van der Waals surface area contributed by atoms with E-state index in [1.807, 2.05) is 36.9 Å². The van der Waals surface area contributed by atoms with Gasteiger partial charge in [-0.2, -0.15) is 5.10 Å². The van der Waals surface area contributed by atoms with Crippen LogP contribution in [0.5, 0.6) is 5.75 Å². The Morgan fingerprint density at radius 3 is 2.76 bits per heavy atom. The van der Waals surface area contributed by atoms with Crippen LogP contribution in [0.2, 0.25) is 0 Å². The first kappa shape index (κ1) is 16.5. The van der Waals surface area contributed by atoms with E-state index >= 15 is 0 Å². The molecule has 2 aromatic rings. The van der Waals surface area contributed by atoms with Crippen LogP contribution in [0, 0.1) is 6.92 Å². The predicted molar refractivity (Wildman–Crippen MR) is 91.6 cm³/mol.